The van der Waals surface area contributed by atoms with E-state index in [9.17, 15) is 10.2 Å². The summed E-state index contributed by atoms with van der Waals surface area (Å²) in [5, 5.41) is 28.3. The minimum atomic E-state index is -4.67. The van der Waals surface area contributed by atoms with Crippen molar-refractivity contribution < 1.29 is 46.7 Å². The number of piperidine rings is 2. The number of rotatable bonds is 2. The van der Waals surface area contributed by atoms with Crippen LogP contribution in [0.2, 0.25) is 0 Å². The molecule has 0 amide bonds. The monoisotopic (exact) mass is 668 g/mol. The van der Waals surface area contributed by atoms with E-state index in [4.69, 9.17) is 36.5 Å². The molecule has 0 saturated carbocycles. The quantitative estimate of drug-likeness (QED) is 0.202. The van der Waals surface area contributed by atoms with Crippen LogP contribution in [-0.2, 0) is 34.1 Å². The molecule has 2 spiro atoms. The SMILES string of the molecule is COc1ccc2c3c1O[C@H]1[C@@H](O)C=C[C@H]4[C@@H](C2)NCC[C@@]341.COc1ccc2c3c1O[C@H]1[C@@H](O)C=C[C@H]4[C@@H](C2)NCC[C@@]341.O=S(=O)(O)O. The molecular formula is C34H40N2O10S. The second-order valence-corrected chi connectivity index (χ2v) is 14.6. The van der Waals surface area contributed by atoms with Crippen LogP contribution in [0.3, 0.4) is 0 Å². The molecule has 13 heteroatoms. The van der Waals surface area contributed by atoms with Crippen molar-refractivity contribution in [1.82, 2.24) is 10.6 Å². The van der Waals surface area contributed by atoms with Crippen LogP contribution >= 0.6 is 0 Å². The highest BCUT2D eigenvalue weighted by molar-refractivity contribution is 7.79. The van der Waals surface area contributed by atoms with Gasteiger partial charge in [0.05, 0.1) is 14.2 Å². The molecule has 4 bridgehead atoms. The Morgan fingerprint density at radius 2 is 1.13 bits per heavy atom. The molecular weight excluding hydrogens is 628 g/mol. The van der Waals surface area contributed by atoms with E-state index in [-0.39, 0.29) is 23.0 Å². The van der Waals surface area contributed by atoms with Gasteiger partial charge in [-0.1, -0.05) is 36.4 Å². The second-order valence-electron chi connectivity index (χ2n) is 13.7. The summed E-state index contributed by atoms with van der Waals surface area (Å²) in [7, 11) is -1.30. The standard InChI is InChI=1S/2C17H19NO3.H2O4S/c2*1-20-13-5-2-9-8-11-10-3-4-12(19)16-17(10,6-7-18-11)14(9)15(13)21-16;1-5(2,3)4/h2*2-5,10-12,16,18-19H,6-8H2,1H3;(H2,1,2,3,4)/t2*10-,11+,12-,16-,17-;/m00./s1. The van der Waals surface area contributed by atoms with Crippen molar-refractivity contribution in [2.45, 2.75) is 73.0 Å². The first-order chi connectivity index (χ1) is 22.5. The first-order valence-corrected chi connectivity index (χ1v) is 17.5. The Kier molecular flexibility index (Phi) is 7.23. The van der Waals surface area contributed by atoms with E-state index in [0.717, 1.165) is 61.8 Å². The number of aliphatic hydroxyl groups excluding tert-OH is 2. The van der Waals surface area contributed by atoms with E-state index in [1.807, 2.05) is 24.3 Å². The lowest BCUT2D eigenvalue weighted by Crippen LogP contribution is -2.64. The van der Waals surface area contributed by atoms with Crippen molar-refractivity contribution >= 4 is 10.4 Å². The third kappa shape index (κ3) is 4.44. The first kappa shape index (κ1) is 31.1. The second kappa shape index (κ2) is 10.9. The summed E-state index contributed by atoms with van der Waals surface area (Å²) >= 11 is 0. The first-order valence-electron chi connectivity index (χ1n) is 16.1. The van der Waals surface area contributed by atoms with Crippen LogP contribution in [0, 0.1) is 11.8 Å². The zero-order valence-corrected chi connectivity index (χ0v) is 26.9. The smallest absolute Gasteiger partial charge is 0.394 e. The highest BCUT2D eigenvalue weighted by Gasteiger charge is 2.64. The molecule has 2 aromatic carbocycles. The van der Waals surface area contributed by atoms with Crippen molar-refractivity contribution in [3.05, 3.63) is 70.8 Å². The van der Waals surface area contributed by atoms with Gasteiger partial charge in [0, 0.05) is 45.9 Å². The lowest BCUT2D eigenvalue weighted by Gasteiger charge is -2.53. The molecule has 47 heavy (non-hydrogen) atoms. The van der Waals surface area contributed by atoms with Gasteiger partial charge in [-0.3, -0.25) is 9.11 Å². The molecule has 4 heterocycles. The summed E-state index contributed by atoms with van der Waals surface area (Å²) < 4.78 is 55.1. The van der Waals surface area contributed by atoms with E-state index in [1.165, 1.54) is 22.3 Å². The average molecular weight is 669 g/mol. The Balaban J connectivity index is 0.000000121. The van der Waals surface area contributed by atoms with Crippen LogP contribution in [0.25, 0.3) is 0 Å². The molecule has 2 saturated heterocycles. The van der Waals surface area contributed by atoms with Crippen LogP contribution in [0.1, 0.15) is 35.1 Å². The summed E-state index contributed by atoms with van der Waals surface area (Å²) in [6.07, 6.45) is 10.9. The molecule has 0 aromatic heterocycles. The third-order valence-electron chi connectivity index (χ3n) is 11.8. The molecule has 10 atom stereocenters. The fourth-order valence-corrected chi connectivity index (χ4v) is 10.3. The Labute approximate surface area is 273 Å². The Morgan fingerprint density at radius 3 is 1.51 bits per heavy atom. The molecule has 0 radical (unpaired) electrons. The maximum atomic E-state index is 10.5. The van der Waals surface area contributed by atoms with Crippen LogP contribution in [0.4, 0.5) is 0 Å². The molecule has 8 aliphatic rings. The van der Waals surface area contributed by atoms with Gasteiger partial charge in [0.2, 0.25) is 0 Å². The highest BCUT2D eigenvalue weighted by atomic mass is 32.3. The fraction of sp³-hybridized carbons (Fsp3) is 0.529. The van der Waals surface area contributed by atoms with Crippen LogP contribution in [-0.4, -0.2) is 91.5 Å². The summed E-state index contributed by atoms with van der Waals surface area (Å²) in [5.74, 6) is 4.13. The predicted octanol–water partition coefficient (Wildman–Crippen LogP) is 1.67. The van der Waals surface area contributed by atoms with Gasteiger partial charge in [0.25, 0.3) is 0 Å². The summed E-state index contributed by atoms with van der Waals surface area (Å²) in [6, 6.07) is 9.23. The summed E-state index contributed by atoms with van der Waals surface area (Å²) in [5.41, 5.74) is 5.15. The van der Waals surface area contributed by atoms with Crippen molar-refractivity contribution in [3.8, 4) is 23.0 Å². The maximum absolute atomic E-state index is 10.5. The lowest BCUT2D eigenvalue weighted by molar-refractivity contribution is -0.0178. The number of nitrogens with one attached hydrogen (secondary N) is 2. The Morgan fingerprint density at radius 1 is 0.723 bits per heavy atom. The Hall–Kier alpha value is -3.17. The minimum Gasteiger partial charge on any atom is -0.493 e. The molecule has 4 aliphatic carbocycles. The van der Waals surface area contributed by atoms with Crippen molar-refractivity contribution in [3.63, 3.8) is 0 Å². The van der Waals surface area contributed by atoms with Crippen molar-refractivity contribution in [2.75, 3.05) is 27.3 Å². The molecule has 252 valence electrons. The van der Waals surface area contributed by atoms with Gasteiger partial charge in [-0.15, -0.1) is 0 Å². The number of hydrogen-bond acceptors (Lipinski definition) is 10. The average Bonchev–Trinajstić information content (AvgIpc) is 3.56. The zero-order valence-electron chi connectivity index (χ0n) is 26.1. The van der Waals surface area contributed by atoms with Gasteiger partial charge in [0.15, 0.2) is 23.0 Å². The topological polar surface area (TPSA) is 176 Å². The van der Waals surface area contributed by atoms with Crippen LogP contribution < -0.4 is 29.6 Å². The summed E-state index contributed by atoms with van der Waals surface area (Å²) in [4.78, 5) is 0. The fourth-order valence-electron chi connectivity index (χ4n) is 10.3. The van der Waals surface area contributed by atoms with E-state index in [0.29, 0.717) is 23.9 Å². The Bertz CT molecular complexity index is 1660. The number of hydrogen-bond donors (Lipinski definition) is 6. The molecule has 12 nitrogen and oxygen atoms in total. The lowest BCUT2D eigenvalue weighted by atomic mass is 9.54. The molecule has 2 fully saturated rings. The van der Waals surface area contributed by atoms with Gasteiger partial charge in [-0.2, -0.15) is 8.42 Å². The van der Waals surface area contributed by atoms with Gasteiger partial charge < -0.3 is 39.8 Å². The van der Waals surface area contributed by atoms with Crippen molar-refractivity contribution in [1.29, 1.82) is 0 Å². The van der Waals surface area contributed by atoms with E-state index in [1.54, 1.807) is 14.2 Å². The van der Waals surface area contributed by atoms with Gasteiger partial charge in [0.1, 0.15) is 24.4 Å². The van der Waals surface area contributed by atoms with E-state index in [2.05, 4.69) is 34.9 Å². The minimum absolute atomic E-state index is 0.0818. The molecule has 10 rings (SSSR count). The van der Waals surface area contributed by atoms with Gasteiger partial charge in [-0.25, -0.2) is 0 Å². The molecule has 2 aromatic rings. The van der Waals surface area contributed by atoms with E-state index >= 15 is 0 Å². The number of aliphatic hydroxyl groups is 2. The van der Waals surface area contributed by atoms with Gasteiger partial charge in [-0.05, 0) is 62.0 Å². The largest absolute Gasteiger partial charge is 0.493 e. The van der Waals surface area contributed by atoms with Crippen LogP contribution in [0.5, 0.6) is 23.0 Å². The highest BCUT2D eigenvalue weighted by Crippen LogP contribution is 2.62. The number of ether oxygens (including phenoxy) is 4. The molecule has 6 N–H and O–H groups in total. The summed E-state index contributed by atoms with van der Waals surface area (Å²) in [6.45, 7) is 1.97. The van der Waals surface area contributed by atoms with Gasteiger partial charge >= 0.3 is 10.4 Å². The van der Waals surface area contributed by atoms with Crippen LogP contribution in [0.15, 0.2) is 48.6 Å². The molecule has 0 unspecified atom stereocenters. The maximum Gasteiger partial charge on any atom is 0.394 e. The third-order valence-corrected chi connectivity index (χ3v) is 11.8. The number of methoxy groups -OCH3 is 2. The predicted molar refractivity (Wildman–Crippen MR) is 170 cm³/mol. The number of benzene rings is 2. The zero-order chi connectivity index (χ0) is 32.9. The molecule has 4 aliphatic heterocycles. The van der Waals surface area contributed by atoms with Crippen molar-refractivity contribution in [2.24, 2.45) is 11.8 Å². The normalized spacial score (nSPS) is 38.3. The van der Waals surface area contributed by atoms with E-state index < -0.39 is 22.6 Å².